The molecule has 1 aromatic heterocycles. The highest BCUT2D eigenvalue weighted by Gasteiger charge is 2.28. The molecule has 7 N–H and O–H groups in total. The van der Waals surface area contributed by atoms with Gasteiger partial charge in [0.1, 0.15) is 32.7 Å². The minimum Gasteiger partial charge on any atom is -0.505 e. The molecule has 0 bridgehead atoms. The van der Waals surface area contributed by atoms with E-state index in [0.717, 1.165) is 23.5 Å². The van der Waals surface area contributed by atoms with Gasteiger partial charge in [-0.2, -0.15) is 33.7 Å². The monoisotopic (exact) mass is 846 g/mol. The van der Waals surface area contributed by atoms with E-state index in [2.05, 4.69) is 25.4 Å². The highest BCUT2D eigenvalue weighted by Crippen LogP contribution is 2.46. The van der Waals surface area contributed by atoms with Gasteiger partial charge in [-0.05, 0) is 55.3 Å². The van der Waals surface area contributed by atoms with Crippen LogP contribution in [0.4, 0.5) is 27.9 Å². The largest absolute Gasteiger partial charge is 0.505 e. The standard InChI is InChI=1S/C28H26N6O15S5/c1-13-10-19(32-33-23-22(52(39,40)41)11-15-14(24(23)35)4-5-16(29)26(15)53(42,43)44)21(49-8-3-9-51(36,37)38)12-18(13)31-34-28-30-17-6-7-20(48-2)27(25(17)50-28)54(45,46)47/h4-7,10-12,35H,3,8-9,29H2,1-2H3,(H,36,37,38)(H,39,40,41)(H,42,43,44)(H,45,46,47). The molecule has 0 radical (unpaired) electrons. The van der Waals surface area contributed by atoms with Gasteiger partial charge in [0.25, 0.3) is 40.5 Å². The summed E-state index contributed by atoms with van der Waals surface area (Å²) >= 11 is 0.762. The zero-order chi connectivity index (χ0) is 40.0. The molecule has 288 valence electrons. The van der Waals surface area contributed by atoms with Gasteiger partial charge in [0.15, 0.2) is 10.6 Å². The van der Waals surface area contributed by atoms with Gasteiger partial charge in [-0.3, -0.25) is 18.2 Å². The quantitative estimate of drug-likeness (QED) is 0.0380. The molecule has 54 heavy (non-hydrogen) atoms. The van der Waals surface area contributed by atoms with Crippen molar-refractivity contribution < 1.29 is 66.5 Å². The lowest BCUT2D eigenvalue weighted by Crippen LogP contribution is -2.08. The Kier molecular flexibility index (Phi) is 11.0. The molecule has 0 amide bonds. The van der Waals surface area contributed by atoms with Crippen LogP contribution < -0.4 is 15.2 Å². The van der Waals surface area contributed by atoms with Gasteiger partial charge in [-0.1, -0.05) is 11.3 Å². The Hall–Kier alpha value is -4.93. The number of hydrogen-bond donors (Lipinski definition) is 6. The smallest absolute Gasteiger partial charge is 0.299 e. The maximum atomic E-state index is 12.4. The first-order chi connectivity index (χ1) is 25.0. The predicted octanol–water partition coefficient (Wildman–Crippen LogP) is 5.28. The number of benzene rings is 4. The fourth-order valence-corrected chi connectivity index (χ4v) is 8.91. The van der Waals surface area contributed by atoms with Crippen molar-refractivity contribution in [1.82, 2.24) is 4.98 Å². The third-order valence-corrected chi connectivity index (χ3v) is 11.9. The maximum Gasteiger partial charge on any atom is 0.299 e. The lowest BCUT2D eigenvalue weighted by atomic mass is 10.1. The SMILES string of the molecule is COc1ccc2nc(N=Nc3cc(OCCCS(=O)(=O)O)c(N=Nc4c(S(=O)(=O)O)cc5c(S(=O)(=O)O)c(N)ccc5c4O)cc3C)sc2c1S(=O)(=O)O. The number of ether oxygens (including phenoxy) is 2. The van der Waals surface area contributed by atoms with Crippen molar-refractivity contribution in [3.05, 3.63) is 48.0 Å². The number of aromatic nitrogens is 1. The normalized spacial score (nSPS) is 13.1. The minimum absolute atomic E-state index is 0.0278. The van der Waals surface area contributed by atoms with Crippen molar-refractivity contribution in [2.45, 2.75) is 28.0 Å². The van der Waals surface area contributed by atoms with Gasteiger partial charge in [0.05, 0.1) is 41.1 Å². The zero-order valence-corrected chi connectivity index (χ0v) is 31.4. The maximum absolute atomic E-state index is 12.4. The Labute approximate surface area is 309 Å². The van der Waals surface area contributed by atoms with E-state index in [1.54, 1.807) is 0 Å². The van der Waals surface area contributed by atoms with E-state index < -0.39 is 83.4 Å². The van der Waals surface area contributed by atoms with Gasteiger partial charge in [0, 0.05) is 16.8 Å². The Morgan fingerprint density at radius 1 is 0.778 bits per heavy atom. The first kappa shape index (κ1) is 40.3. The number of phenolic OH excluding ortho intramolecular Hbond substituents is 1. The molecule has 21 nitrogen and oxygen atoms in total. The molecule has 0 unspecified atom stereocenters. The second kappa shape index (κ2) is 14.7. The van der Waals surface area contributed by atoms with Crippen LogP contribution in [-0.2, 0) is 40.5 Å². The summed E-state index contributed by atoms with van der Waals surface area (Å²) in [5, 5.41) is 26.0. The number of rotatable bonds is 13. The number of phenols is 1. The van der Waals surface area contributed by atoms with Crippen molar-refractivity contribution in [2.24, 2.45) is 20.5 Å². The van der Waals surface area contributed by atoms with Crippen molar-refractivity contribution in [1.29, 1.82) is 0 Å². The number of methoxy groups -OCH3 is 1. The minimum atomic E-state index is -5.27. The molecular formula is C28H26N6O15S5. The highest BCUT2D eigenvalue weighted by molar-refractivity contribution is 7.87. The van der Waals surface area contributed by atoms with Crippen molar-refractivity contribution >= 4 is 101 Å². The number of azo groups is 2. The number of aryl methyl sites for hydroxylation is 1. The Balaban J connectivity index is 1.62. The van der Waals surface area contributed by atoms with E-state index in [1.807, 2.05) is 0 Å². The molecule has 5 rings (SSSR count). The molecule has 1 heterocycles. The van der Waals surface area contributed by atoms with Crippen LogP contribution in [0, 0.1) is 6.92 Å². The van der Waals surface area contributed by atoms with Crippen molar-refractivity contribution in [3.8, 4) is 17.2 Å². The average Bonchev–Trinajstić information content (AvgIpc) is 3.46. The molecule has 0 spiro atoms. The van der Waals surface area contributed by atoms with Crippen molar-refractivity contribution in [2.75, 3.05) is 25.2 Å². The number of nitrogens with zero attached hydrogens (tertiary/aromatic N) is 5. The van der Waals surface area contributed by atoms with E-state index in [9.17, 15) is 52.4 Å². The fraction of sp³-hybridized carbons (Fsp3) is 0.179. The fourth-order valence-electron chi connectivity index (χ4n) is 4.96. The zero-order valence-electron chi connectivity index (χ0n) is 27.3. The number of fused-ring (bicyclic) bond motifs is 2. The summed E-state index contributed by atoms with van der Waals surface area (Å²) in [5.74, 6) is -1.99. The number of nitrogen functional groups attached to an aromatic ring is 1. The molecule has 0 aliphatic rings. The molecule has 4 aromatic carbocycles. The predicted molar refractivity (Wildman–Crippen MR) is 192 cm³/mol. The topological polar surface area (TPSA) is 345 Å². The number of hydrogen-bond acceptors (Lipinski definition) is 18. The van der Waals surface area contributed by atoms with E-state index in [-0.39, 0.29) is 56.6 Å². The molecule has 0 fully saturated rings. The van der Waals surface area contributed by atoms with Crippen LogP contribution in [0.25, 0.3) is 21.0 Å². The third-order valence-electron chi connectivity index (χ3n) is 7.28. The van der Waals surface area contributed by atoms with Crippen LogP contribution in [0.2, 0.25) is 0 Å². The van der Waals surface area contributed by atoms with Crippen LogP contribution in [-0.4, -0.2) is 81.4 Å². The van der Waals surface area contributed by atoms with E-state index >= 15 is 0 Å². The van der Waals surface area contributed by atoms with Crippen LogP contribution in [0.1, 0.15) is 12.0 Å². The average molecular weight is 847 g/mol. The summed E-state index contributed by atoms with van der Waals surface area (Å²) in [4.78, 5) is 1.61. The van der Waals surface area contributed by atoms with Gasteiger partial charge in [0.2, 0.25) is 5.13 Å². The van der Waals surface area contributed by atoms with Crippen LogP contribution in [0.3, 0.4) is 0 Å². The van der Waals surface area contributed by atoms with Crippen LogP contribution in [0.5, 0.6) is 17.2 Å². The number of aromatic hydroxyl groups is 1. The van der Waals surface area contributed by atoms with E-state index in [1.165, 1.54) is 38.3 Å². The Morgan fingerprint density at radius 2 is 1.44 bits per heavy atom. The molecule has 0 aliphatic heterocycles. The van der Waals surface area contributed by atoms with E-state index in [0.29, 0.717) is 11.6 Å². The van der Waals surface area contributed by atoms with Gasteiger partial charge in [-0.25, -0.2) is 4.98 Å². The Bertz CT molecular complexity index is 2860. The summed E-state index contributed by atoms with van der Waals surface area (Å²) in [6, 6.07) is 8.00. The Morgan fingerprint density at radius 3 is 2.06 bits per heavy atom. The lowest BCUT2D eigenvalue weighted by molar-refractivity contribution is 0.317. The molecule has 0 aliphatic carbocycles. The first-order valence-corrected chi connectivity index (χ1v) is 21.3. The summed E-state index contributed by atoms with van der Waals surface area (Å²) in [6.45, 7) is 1.19. The molecular weight excluding hydrogens is 821 g/mol. The number of nitrogens with two attached hydrogens (primary N) is 1. The lowest BCUT2D eigenvalue weighted by Gasteiger charge is -2.13. The third kappa shape index (κ3) is 8.71. The molecule has 0 saturated heterocycles. The van der Waals surface area contributed by atoms with Crippen LogP contribution in [0.15, 0.2) is 77.6 Å². The van der Waals surface area contributed by atoms with E-state index in [4.69, 9.17) is 19.8 Å². The van der Waals surface area contributed by atoms with Gasteiger partial charge >= 0.3 is 0 Å². The molecule has 26 heteroatoms. The van der Waals surface area contributed by atoms with Gasteiger partial charge in [-0.15, -0.1) is 20.5 Å². The molecule has 0 atom stereocenters. The highest BCUT2D eigenvalue weighted by atomic mass is 32.2. The summed E-state index contributed by atoms with van der Waals surface area (Å²) in [6.07, 6.45) is -0.219. The first-order valence-electron chi connectivity index (χ1n) is 14.5. The summed E-state index contributed by atoms with van der Waals surface area (Å²) in [5.41, 5.74) is 4.68. The molecule has 5 aromatic rings. The molecule has 0 saturated carbocycles. The van der Waals surface area contributed by atoms with Crippen LogP contribution >= 0.6 is 11.3 Å². The summed E-state index contributed by atoms with van der Waals surface area (Å²) in [7, 11) is -18.2. The second-order valence-electron chi connectivity index (χ2n) is 11.0. The second-order valence-corrected chi connectivity index (χ2v) is 17.7. The number of anilines is 1. The van der Waals surface area contributed by atoms with Crippen molar-refractivity contribution in [3.63, 3.8) is 0 Å². The number of thiazole rings is 1. The summed E-state index contributed by atoms with van der Waals surface area (Å²) < 4.78 is 145. The van der Waals surface area contributed by atoms with Gasteiger partial charge < -0.3 is 20.3 Å².